The van der Waals surface area contributed by atoms with Crippen LogP contribution in [-0.4, -0.2) is 43.2 Å². The van der Waals surface area contributed by atoms with E-state index in [4.69, 9.17) is 4.74 Å². The van der Waals surface area contributed by atoms with Gasteiger partial charge in [-0.3, -0.25) is 4.79 Å². The third-order valence-corrected chi connectivity index (χ3v) is 5.52. The van der Waals surface area contributed by atoms with Crippen LogP contribution in [0.3, 0.4) is 0 Å². The van der Waals surface area contributed by atoms with Crippen LogP contribution in [0.5, 0.6) is 5.75 Å². The van der Waals surface area contributed by atoms with Crippen LogP contribution in [0.4, 0.5) is 15.9 Å². The van der Waals surface area contributed by atoms with Gasteiger partial charge >= 0.3 is 0 Å². The Kier molecular flexibility index (Phi) is 8.09. The number of benzene rings is 1. The van der Waals surface area contributed by atoms with Crippen molar-refractivity contribution in [3.63, 3.8) is 0 Å². The van der Waals surface area contributed by atoms with E-state index in [-0.39, 0.29) is 23.7 Å². The molecule has 1 fully saturated rings. The standard InChI is InChI=1S/C24H33FN4O2/c1-4-12-26-23-22(25)21(10-14-27-23)29-15-11-20(16-29)31-19-8-6-18(7-9-19)17(3)24(30)28-13-5-2/h6-10,14,17,20H,4-5,11-13,15-16H2,1-3H3,(H,26,27)(H,28,30)/t17?,20-/m1/s1. The Labute approximate surface area is 184 Å². The van der Waals surface area contributed by atoms with Crippen molar-refractivity contribution < 1.29 is 13.9 Å². The highest BCUT2D eigenvalue weighted by atomic mass is 19.1. The van der Waals surface area contributed by atoms with E-state index in [0.717, 1.165) is 37.1 Å². The van der Waals surface area contributed by atoms with E-state index in [1.54, 1.807) is 12.3 Å². The summed E-state index contributed by atoms with van der Waals surface area (Å²) in [6.07, 6.45) is 4.27. The second-order valence-corrected chi connectivity index (χ2v) is 7.98. The molecule has 0 bridgehead atoms. The summed E-state index contributed by atoms with van der Waals surface area (Å²) in [6, 6.07) is 9.40. The quantitative estimate of drug-likeness (QED) is 0.590. The molecule has 1 aliphatic rings. The SMILES string of the molecule is CCCNC(=O)C(C)c1ccc(O[C@@H]2CCN(c3ccnc(NCCC)c3F)C2)cc1. The van der Waals surface area contributed by atoms with Crippen molar-refractivity contribution in [3.8, 4) is 5.75 Å². The first-order chi connectivity index (χ1) is 15.0. The molecule has 1 amide bonds. The number of amides is 1. The minimum absolute atomic E-state index is 0.0178. The van der Waals surface area contributed by atoms with E-state index >= 15 is 0 Å². The molecule has 2 heterocycles. The molecule has 2 atom stereocenters. The van der Waals surface area contributed by atoms with Gasteiger partial charge in [0.25, 0.3) is 0 Å². The third-order valence-electron chi connectivity index (χ3n) is 5.52. The lowest BCUT2D eigenvalue weighted by atomic mass is 10.0. The summed E-state index contributed by atoms with van der Waals surface area (Å²) in [5.41, 5.74) is 1.52. The fourth-order valence-corrected chi connectivity index (χ4v) is 3.67. The predicted molar refractivity (Wildman–Crippen MR) is 122 cm³/mol. The third kappa shape index (κ3) is 5.87. The first-order valence-corrected chi connectivity index (χ1v) is 11.2. The number of aromatic nitrogens is 1. The van der Waals surface area contributed by atoms with Crippen molar-refractivity contribution in [1.29, 1.82) is 0 Å². The van der Waals surface area contributed by atoms with Gasteiger partial charge < -0.3 is 20.3 Å². The lowest BCUT2D eigenvalue weighted by Gasteiger charge is -2.21. The zero-order chi connectivity index (χ0) is 22.2. The Morgan fingerprint density at radius 3 is 2.68 bits per heavy atom. The van der Waals surface area contributed by atoms with Crippen LogP contribution in [0.1, 0.15) is 51.5 Å². The molecule has 1 aliphatic heterocycles. The molecule has 6 nitrogen and oxygen atoms in total. The van der Waals surface area contributed by atoms with E-state index in [9.17, 15) is 9.18 Å². The summed E-state index contributed by atoms with van der Waals surface area (Å²) in [6.45, 7) is 8.70. The summed E-state index contributed by atoms with van der Waals surface area (Å²) in [7, 11) is 0. The number of hydrogen-bond donors (Lipinski definition) is 2. The van der Waals surface area contributed by atoms with Gasteiger partial charge in [-0.2, -0.15) is 0 Å². The van der Waals surface area contributed by atoms with Crippen LogP contribution in [0.25, 0.3) is 0 Å². The second-order valence-electron chi connectivity index (χ2n) is 7.98. The second kappa shape index (κ2) is 11.0. The molecular formula is C24H33FN4O2. The number of ether oxygens (including phenoxy) is 1. The van der Waals surface area contributed by atoms with Crippen molar-refractivity contribution >= 4 is 17.4 Å². The normalized spacial score (nSPS) is 16.8. The number of halogens is 1. The fraction of sp³-hybridized carbons (Fsp3) is 0.500. The first-order valence-electron chi connectivity index (χ1n) is 11.2. The average Bonchev–Trinajstić information content (AvgIpc) is 3.25. The maximum absolute atomic E-state index is 14.8. The van der Waals surface area contributed by atoms with Crippen LogP contribution in [0, 0.1) is 5.82 Å². The van der Waals surface area contributed by atoms with Gasteiger partial charge in [-0.25, -0.2) is 9.37 Å². The van der Waals surface area contributed by atoms with E-state index in [1.807, 2.05) is 49.9 Å². The topological polar surface area (TPSA) is 66.5 Å². The molecular weight excluding hydrogens is 395 g/mol. The van der Waals surface area contributed by atoms with Crippen LogP contribution >= 0.6 is 0 Å². The summed E-state index contributed by atoms with van der Waals surface area (Å²) in [5, 5.41) is 5.97. The molecule has 2 N–H and O–H groups in total. The Bertz CT molecular complexity index is 859. The monoisotopic (exact) mass is 428 g/mol. The van der Waals surface area contributed by atoms with Crippen molar-refractivity contribution in [2.45, 2.75) is 52.1 Å². The highest BCUT2D eigenvalue weighted by molar-refractivity contribution is 5.83. The maximum atomic E-state index is 14.8. The number of hydrogen-bond acceptors (Lipinski definition) is 5. The number of anilines is 2. The number of nitrogens with zero attached hydrogens (tertiary/aromatic N) is 2. The van der Waals surface area contributed by atoms with Crippen LogP contribution in [-0.2, 0) is 4.79 Å². The lowest BCUT2D eigenvalue weighted by Crippen LogP contribution is -2.28. The Morgan fingerprint density at radius 1 is 1.23 bits per heavy atom. The molecule has 0 radical (unpaired) electrons. The number of nitrogens with one attached hydrogen (secondary N) is 2. The summed E-state index contributed by atoms with van der Waals surface area (Å²) >= 11 is 0. The van der Waals surface area contributed by atoms with E-state index < -0.39 is 0 Å². The van der Waals surface area contributed by atoms with Gasteiger partial charge in [-0.05, 0) is 43.5 Å². The zero-order valence-electron chi connectivity index (χ0n) is 18.7. The molecule has 1 saturated heterocycles. The van der Waals surface area contributed by atoms with E-state index in [0.29, 0.717) is 31.1 Å². The highest BCUT2D eigenvalue weighted by Crippen LogP contribution is 2.29. The molecule has 0 spiro atoms. The molecule has 0 saturated carbocycles. The largest absolute Gasteiger partial charge is 0.489 e. The van der Waals surface area contributed by atoms with Gasteiger partial charge in [0.1, 0.15) is 11.9 Å². The number of carbonyl (C=O) groups is 1. The fourth-order valence-electron chi connectivity index (χ4n) is 3.67. The van der Waals surface area contributed by atoms with Crippen molar-refractivity contribution in [2.24, 2.45) is 0 Å². The zero-order valence-corrected chi connectivity index (χ0v) is 18.7. The molecule has 2 aromatic rings. The van der Waals surface area contributed by atoms with Gasteiger partial charge in [0.2, 0.25) is 5.91 Å². The van der Waals surface area contributed by atoms with Gasteiger partial charge in [0.05, 0.1) is 18.2 Å². The van der Waals surface area contributed by atoms with E-state index in [1.165, 1.54) is 0 Å². The summed E-state index contributed by atoms with van der Waals surface area (Å²) in [5.74, 6) is 0.590. The summed E-state index contributed by atoms with van der Waals surface area (Å²) in [4.78, 5) is 18.3. The Balaban J connectivity index is 1.57. The molecule has 1 unspecified atom stereocenters. The Hall–Kier alpha value is -2.83. The van der Waals surface area contributed by atoms with Crippen molar-refractivity contribution in [3.05, 3.63) is 47.9 Å². The van der Waals surface area contributed by atoms with Crippen molar-refractivity contribution in [1.82, 2.24) is 10.3 Å². The molecule has 0 aliphatic carbocycles. The smallest absolute Gasteiger partial charge is 0.227 e. The highest BCUT2D eigenvalue weighted by Gasteiger charge is 2.27. The number of carbonyl (C=O) groups excluding carboxylic acids is 1. The van der Waals surface area contributed by atoms with Gasteiger partial charge in [0, 0.05) is 32.3 Å². The van der Waals surface area contributed by atoms with E-state index in [2.05, 4.69) is 15.6 Å². The average molecular weight is 429 g/mol. The number of pyridine rings is 1. The van der Waals surface area contributed by atoms with Crippen LogP contribution < -0.4 is 20.3 Å². The predicted octanol–water partition coefficient (Wildman–Crippen LogP) is 4.33. The summed E-state index contributed by atoms with van der Waals surface area (Å²) < 4.78 is 21.0. The van der Waals surface area contributed by atoms with Gasteiger partial charge in [-0.1, -0.05) is 26.0 Å². The Morgan fingerprint density at radius 2 is 1.97 bits per heavy atom. The van der Waals surface area contributed by atoms with Gasteiger partial charge in [-0.15, -0.1) is 0 Å². The lowest BCUT2D eigenvalue weighted by molar-refractivity contribution is -0.122. The molecule has 168 valence electrons. The molecule has 1 aromatic carbocycles. The minimum Gasteiger partial charge on any atom is -0.489 e. The minimum atomic E-state index is -0.309. The molecule has 1 aromatic heterocycles. The molecule has 31 heavy (non-hydrogen) atoms. The van der Waals surface area contributed by atoms with Crippen LogP contribution in [0.2, 0.25) is 0 Å². The van der Waals surface area contributed by atoms with Gasteiger partial charge in [0.15, 0.2) is 11.6 Å². The number of rotatable bonds is 10. The van der Waals surface area contributed by atoms with Crippen molar-refractivity contribution in [2.75, 3.05) is 36.4 Å². The molecule has 7 heteroatoms. The van der Waals surface area contributed by atoms with Crippen LogP contribution in [0.15, 0.2) is 36.5 Å². The first kappa shape index (κ1) is 22.8. The maximum Gasteiger partial charge on any atom is 0.227 e. The molecule has 3 rings (SSSR count).